The zero-order chi connectivity index (χ0) is 22.8. The van der Waals surface area contributed by atoms with Gasteiger partial charge >= 0.3 is 0 Å². The van der Waals surface area contributed by atoms with Crippen molar-refractivity contribution in [1.82, 2.24) is 0 Å². The van der Waals surface area contributed by atoms with Crippen LogP contribution < -0.4 is 10.1 Å². The highest BCUT2D eigenvalue weighted by atomic mass is 35.5. The maximum absolute atomic E-state index is 6.20. The quantitative estimate of drug-likeness (QED) is 0.301. The summed E-state index contributed by atoms with van der Waals surface area (Å²) >= 11 is 6.20. The van der Waals surface area contributed by atoms with Gasteiger partial charge < -0.3 is 10.1 Å². The van der Waals surface area contributed by atoms with Crippen LogP contribution in [0, 0.1) is 12.8 Å². The lowest BCUT2D eigenvalue weighted by atomic mass is 9.76. The first-order valence-electron chi connectivity index (χ1n) is 11.7. The van der Waals surface area contributed by atoms with Crippen molar-refractivity contribution in [1.29, 1.82) is 0 Å². The molecule has 0 amide bonds. The largest absolute Gasteiger partial charge is 0.493 e. The van der Waals surface area contributed by atoms with E-state index in [4.69, 9.17) is 16.3 Å². The van der Waals surface area contributed by atoms with Gasteiger partial charge in [0, 0.05) is 28.4 Å². The fourth-order valence-electron chi connectivity index (χ4n) is 4.92. The first-order valence-corrected chi connectivity index (χ1v) is 12.1. The van der Waals surface area contributed by atoms with Crippen LogP contribution in [0.4, 0.5) is 11.4 Å². The van der Waals surface area contributed by atoms with Gasteiger partial charge in [0.1, 0.15) is 5.75 Å². The topological polar surface area (TPSA) is 33.6 Å². The van der Waals surface area contributed by atoms with Gasteiger partial charge in [0.25, 0.3) is 0 Å². The molecule has 0 bridgehead atoms. The molecule has 33 heavy (non-hydrogen) atoms. The van der Waals surface area contributed by atoms with E-state index < -0.39 is 0 Å². The van der Waals surface area contributed by atoms with E-state index in [9.17, 15) is 0 Å². The molecule has 0 saturated carbocycles. The Labute approximate surface area is 201 Å². The van der Waals surface area contributed by atoms with Gasteiger partial charge in [0.05, 0.1) is 18.3 Å². The number of rotatable bonds is 6. The highest BCUT2D eigenvalue weighted by Gasteiger charge is 2.37. The minimum absolute atomic E-state index is 0.292. The molecule has 168 valence electrons. The van der Waals surface area contributed by atoms with E-state index in [1.807, 2.05) is 24.4 Å². The fourth-order valence-corrected chi connectivity index (χ4v) is 5.10. The van der Waals surface area contributed by atoms with Crippen molar-refractivity contribution in [2.24, 2.45) is 10.9 Å². The Hall–Kier alpha value is -3.04. The highest BCUT2D eigenvalue weighted by Crippen LogP contribution is 2.50. The molecule has 3 aromatic carbocycles. The molecular weight excluding hydrogens is 428 g/mol. The van der Waals surface area contributed by atoms with E-state index in [1.54, 1.807) is 0 Å². The van der Waals surface area contributed by atoms with E-state index in [0.717, 1.165) is 29.8 Å². The first-order chi connectivity index (χ1) is 16.1. The van der Waals surface area contributed by atoms with Gasteiger partial charge in [-0.2, -0.15) is 0 Å². The Balaban J connectivity index is 1.36. The lowest BCUT2D eigenvalue weighted by Crippen LogP contribution is -2.29. The van der Waals surface area contributed by atoms with Crippen molar-refractivity contribution in [3.63, 3.8) is 0 Å². The van der Waals surface area contributed by atoms with Crippen molar-refractivity contribution in [3.05, 3.63) is 100 Å². The summed E-state index contributed by atoms with van der Waals surface area (Å²) in [5.41, 5.74) is 7.09. The molecule has 1 N–H and O–H groups in total. The second-order valence-corrected chi connectivity index (χ2v) is 9.38. The van der Waals surface area contributed by atoms with Crippen LogP contribution in [0.2, 0.25) is 5.02 Å². The molecule has 5 rings (SSSR count). The Kier molecular flexibility index (Phi) is 6.24. The number of aliphatic imine (C=N–C) groups is 1. The average molecular weight is 457 g/mol. The number of fused-ring (bicyclic) bond motifs is 3. The monoisotopic (exact) mass is 456 g/mol. The predicted molar refractivity (Wildman–Crippen MR) is 138 cm³/mol. The molecule has 4 heteroatoms. The van der Waals surface area contributed by atoms with Gasteiger partial charge in [-0.1, -0.05) is 60.5 Å². The maximum atomic E-state index is 6.20. The van der Waals surface area contributed by atoms with E-state index >= 15 is 0 Å². The second-order valence-electron chi connectivity index (χ2n) is 8.95. The van der Waals surface area contributed by atoms with Crippen LogP contribution in [0.25, 0.3) is 0 Å². The van der Waals surface area contributed by atoms with Crippen LogP contribution in [-0.2, 0) is 0 Å². The number of hydrogen-bond acceptors (Lipinski definition) is 3. The highest BCUT2D eigenvalue weighted by molar-refractivity contribution is 6.30. The summed E-state index contributed by atoms with van der Waals surface area (Å²) in [6, 6.07) is 21.3. The SMILES string of the molecule is CCCOc1ccc(Cl)cc1C=Nc1ccc([C@@H]2Nc3ccc(C)cc3[C@@H]3C=CC[C@@H]32)cc1. The number of ether oxygens (including phenoxy) is 1. The number of allylic oxidation sites excluding steroid dienone is 2. The van der Waals surface area contributed by atoms with E-state index in [2.05, 4.69) is 78.8 Å². The summed E-state index contributed by atoms with van der Waals surface area (Å²) in [7, 11) is 0. The van der Waals surface area contributed by atoms with E-state index in [1.165, 1.54) is 22.4 Å². The average Bonchev–Trinajstić information content (AvgIpc) is 3.32. The third-order valence-electron chi connectivity index (χ3n) is 6.56. The van der Waals surface area contributed by atoms with Crippen molar-refractivity contribution >= 4 is 29.2 Å². The molecule has 1 aliphatic carbocycles. The van der Waals surface area contributed by atoms with Crippen molar-refractivity contribution in [2.45, 2.75) is 38.6 Å². The molecule has 0 aromatic heterocycles. The van der Waals surface area contributed by atoms with Gasteiger partial charge in [-0.25, -0.2) is 0 Å². The zero-order valence-electron chi connectivity index (χ0n) is 19.1. The Morgan fingerprint density at radius 2 is 1.94 bits per heavy atom. The molecule has 3 atom stereocenters. The summed E-state index contributed by atoms with van der Waals surface area (Å²) < 4.78 is 5.84. The van der Waals surface area contributed by atoms with Gasteiger partial charge in [0.2, 0.25) is 0 Å². The standard InChI is InChI=1S/C29H29ClN2O/c1-3-15-33-28-14-10-22(30)17-21(28)18-31-23-11-8-20(9-12-23)29-25-6-4-5-24(25)26-16-19(2)7-13-27(26)32-29/h4-5,7-14,16-18,24-25,29,32H,3,6,15H2,1-2H3/t24-,25+,29+/m1/s1. The Morgan fingerprint density at radius 3 is 2.76 bits per heavy atom. The molecule has 0 saturated heterocycles. The molecule has 1 heterocycles. The lowest BCUT2D eigenvalue weighted by molar-refractivity contribution is 0.317. The smallest absolute Gasteiger partial charge is 0.128 e. The normalized spacial score (nSPS) is 21.0. The molecule has 3 nitrogen and oxygen atoms in total. The number of aryl methyl sites for hydroxylation is 1. The number of benzene rings is 3. The van der Waals surface area contributed by atoms with Gasteiger partial charge in [0.15, 0.2) is 0 Å². The minimum atomic E-state index is 0.292. The number of nitrogens with zero attached hydrogens (tertiary/aromatic N) is 1. The Morgan fingerprint density at radius 1 is 1.09 bits per heavy atom. The van der Waals surface area contributed by atoms with Crippen LogP contribution in [0.3, 0.4) is 0 Å². The molecular formula is C29H29ClN2O. The van der Waals surface area contributed by atoms with Crippen LogP contribution in [0.1, 0.15) is 54.0 Å². The first kappa shape index (κ1) is 21.8. The van der Waals surface area contributed by atoms with Gasteiger partial charge in [-0.05, 0) is 73.2 Å². The number of halogens is 1. The zero-order valence-corrected chi connectivity index (χ0v) is 19.8. The molecule has 0 radical (unpaired) electrons. The predicted octanol–water partition coefficient (Wildman–Crippen LogP) is 8.01. The Bertz CT molecular complexity index is 1200. The molecule has 1 aliphatic heterocycles. The molecule has 2 aliphatic rings. The summed E-state index contributed by atoms with van der Waals surface area (Å²) in [5.74, 6) is 1.83. The molecule has 0 spiro atoms. The molecule has 0 unspecified atom stereocenters. The fraction of sp³-hybridized carbons (Fsp3) is 0.276. The third-order valence-corrected chi connectivity index (χ3v) is 6.79. The maximum Gasteiger partial charge on any atom is 0.128 e. The summed E-state index contributed by atoms with van der Waals surface area (Å²) in [6.07, 6.45) is 8.62. The van der Waals surface area contributed by atoms with Crippen LogP contribution >= 0.6 is 11.6 Å². The molecule has 0 fully saturated rings. The summed E-state index contributed by atoms with van der Waals surface area (Å²) in [6.45, 7) is 4.93. The minimum Gasteiger partial charge on any atom is -0.493 e. The summed E-state index contributed by atoms with van der Waals surface area (Å²) in [5, 5.41) is 4.49. The lowest BCUT2D eigenvalue weighted by Gasteiger charge is -2.37. The van der Waals surface area contributed by atoms with Gasteiger partial charge in [-0.3, -0.25) is 4.99 Å². The van der Waals surface area contributed by atoms with Crippen molar-refractivity contribution in [3.8, 4) is 5.75 Å². The van der Waals surface area contributed by atoms with Crippen molar-refractivity contribution < 1.29 is 4.74 Å². The third kappa shape index (κ3) is 4.56. The number of hydrogen-bond donors (Lipinski definition) is 1. The van der Waals surface area contributed by atoms with Crippen LogP contribution in [0.5, 0.6) is 5.75 Å². The van der Waals surface area contributed by atoms with Crippen LogP contribution in [-0.4, -0.2) is 12.8 Å². The molecule has 3 aromatic rings. The summed E-state index contributed by atoms with van der Waals surface area (Å²) in [4.78, 5) is 4.69. The van der Waals surface area contributed by atoms with Crippen LogP contribution in [0.15, 0.2) is 77.8 Å². The van der Waals surface area contributed by atoms with E-state index in [-0.39, 0.29) is 0 Å². The number of anilines is 1. The second kappa shape index (κ2) is 9.44. The van der Waals surface area contributed by atoms with Crippen molar-refractivity contribution in [2.75, 3.05) is 11.9 Å². The number of nitrogens with one attached hydrogen (secondary N) is 1. The van der Waals surface area contributed by atoms with Gasteiger partial charge in [-0.15, -0.1) is 0 Å². The van der Waals surface area contributed by atoms with E-state index in [0.29, 0.717) is 29.5 Å².